The number of oxazole rings is 1. The van der Waals surface area contributed by atoms with Crippen LogP contribution in [0.3, 0.4) is 0 Å². The monoisotopic (exact) mass is 467 g/mol. The van der Waals surface area contributed by atoms with Crippen molar-refractivity contribution in [1.82, 2.24) is 19.7 Å². The highest BCUT2D eigenvalue weighted by Crippen LogP contribution is 2.38. The number of pyridine rings is 1. The van der Waals surface area contributed by atoms with Gasteiger partial charge in [0.25, 0.3) is 5.91 Å². The maximum Gasteiger partial charge on any atom is 0.277 e. The minimum absolute atomic E-state index is 0.255. The molecule has 33 heavy (non-hydrogen) atoms. The minimum atomic E-state index is -0.277. The number of aryl methyl sites for hydroxylation is 2. The first-order chi connectivity index (χ1) is 16.1. The maximum absolute atomic E-state index is 13.0. The standard InChI is InChI=1S/C24H25N5O2.ClHO/c1-15-10-17(8-9-25-15)24-27-22(14-31-24)23(30)26-21-11-18-13-29(2)28-20(18)12-19(21)16-6-4-3-5-7-16;1-2/h8-14,16H,3-7H2,1-2H3,(H,26,30);2H. The van der Waals surface area contributed by atoms with E-state index in [1.165, 1.54) is 25.5 Å². The topological polar surface area (TPSA) is 106 Å². The lowest BCUT2D eigenvalue weighted by Gasteiger charge is -2.24. The molecule has 0 bridgehead atoms. The molecule has 1 aliphatic rings. The number of rotatable bonds is 4. The second-order valence-electron chi connectivity index (χ2n) is 8.31. The third-order valence-electron chi connectivity index (χ3n) is 5.96. The predicted molar refractivity (Wildman–Crippen MR) is 127 cm³/mol. The number of carbonyl (C=O) groups excluding carboxylic acids is 1. The quantitative estimate of drug-likeness (QED) is 0.418. The molecule has 172 valence electrons. The van der Waals surface area contributed by atoms with Crippen LogP contribution < -0.4 is 5.32 Å². The van der Waals surface area contributed by atoms with E-state index in [2.05, 4.69) is 38.3 Å². The zero-order valence-electron chi connectivity index (χ0n) is 18.6. The van der Waals surface area contributed by atoms with Crippen LogP contribution >= 0.6 is 11.9 Å². The van der Waals surface area contributed by atoms with Crippen molar-refractivity contribution >= 4 is 34.4 Å². The second kappa shape index (κ2) is 10.1. The van der Waals surface area contributed by atoms with Crippen molar-refractivity contribution in [3.8, 4) is 11.5 Å². The first-order valence-electron chi connectivity index (χ1n) is 10.9. The lowest BCUT2D eigenvalue weighted by atomic mass is 9.83. The Morgan fingerprint density at radius 2 is 2.00 bits per heavy atom. The zero-order chi connectivity index (χ0) is 23.4. The number of amides is 1. The van der Waals surface area contributed by atoms with E-state index in [4.69, 9.17) is 9.08 Å². The number of fused-ring (bicyclic) bond motifs is 1. The molecule has 1 amide bonds. The van der Waals surface area contributed by atoms with Crippen LogP contribution in [0, 0.1) is 6.92 Å². The van der Waals surface area contributed by atoms with Gasteiger partial charge in [-0.05, 0) is 55.5 Å². The van der Waals surface area contributed by atoms with Crippen LogP contribution in [0.1, 0.15) is 59.8 Å². The zero-order valence-corrected chi connectivity index (χ0v) is 19.3. The number of carbonyl (C=O) groups is 1. The summed E-state index contributed by atoms with van der Waals surface area (Å²) in [6, 6.07) is 7.86. The number of halogens is 1. The minimum Gasteiger partial charge on any atom is -0.444 e. The Bertz CT molecular complexity index is 1260. The highest BCUT2D eigenvalue weighted by molar-refractivity contribution is 6.05. The summed E-state index contributed by atoms with van der Waals surface area (Å²) in [5.74, 6) is 0.565. The van der Waals surface area contributed by atoms with Crippen LogP contribution in [-0.4, -0.2) is 30.3 Å². The number of hydrogen-bond donors (Lipinski definition) is 2. The Morgan fingerprint density at radius 3 is 2.76 bits per heavy atom. The molecular formula is C24H26ClN5O3. The van der Waals surface area contributed by atoms with Crippen LogP contribution in [0.4, 0.5) is 5.69 Å². The van der Waals surface area contributed by atoms with Crippen molar-refractivity contribution < 1.29 is 13.9 Å². The molecular weight excluding hydrogens is 442 g/mol. The van der Waals surface area contributed by atoms with Crippen molar-refractivity contribution in [2.24, 2.45) is 7.05 Å². The predicted octanol–water partition coefficient (Wildman–Crippen LogP) is 5.36. The smallest absolute Gasteiger partial charge is 0.277 e. The summed E-state index contributed by atoms with van der Waals surface area (Å²) in [5.41, 5.74) is 4.87. The number of hydrogen-bond acceptors (Lipinski definition) is 6. The van der Waals surface area contributed by atoms with E-state index < -0.39 is 0 Å². The number of benzene rings is 1. The van der Waals surface area contributed by atoms with Gasteiger partial charge in [-0.2, -0.15) is 5.10 Å². The van der Waals surface area contributed by atoms with Gasteiger partial charge in [0.15, 0.2) is 5.69 Å². The Morgan fingerprint density at radius 1 is 1.21 bits per heavy atom. The molecule has 9 heteroatoms. The third-order valence-corrected chi connectivity index (χ3v) is 5.96. The number of anilines is 1. The summed E-state index contributed by atoms with van der Waals surface area (Å²) in [5, 5.41) is 8.66. The normalized spacial score (nSPS) is 14.1. The summed E-state index contributed by atoms with van der Waals surface area (Å²) >= 11 is 3.64. The second-order valence-corrected chi connectivity index (χ2v) is 8.31. The van der Waals surface area contributed by atoms with Crippen LogP contribution in [0.2, 0.25) is 0 Å². The first-order valence-corrected chi connectivity index (χ1v) is 11.2. The summed E-state index contributed by atoms with van der Waals surface area (Å²) in [7, 11) is 1.91. The van der Waals surface area contributed by atoms with Crippen LogP contribution in [0.25, 0.3) is 22.4 Å². The molecule has 1 fully saturated rings. The van der Waals surface area contributed by atoms with Gasteiger partial charge in [0.05, 0.1) is 17.4 Å². The lowest BCUT2D eigenvalue weighted by molar-refractivity contribution is 0.102. The van der Waals surface area contributed by atoms with E-state index in [0.717, 1.165) is 46.3 Å². The molecule has 1 aliphatic carbocycles. The molecule has 4 aromatic rings. The van der Waals surface area contributed by atoms with E-state index in [-0.39, 0.29) is 11.6 Å². The average Bonchev–Trinajstić information content (AvgIpc) is 3.46. The molecule has 5 rings (SSSR count). The molecule has 0 saturated heterocycles. The highest BCUT2D eigenvalue weighted by atomic mass is 35.5. The summed E-state index contributed by atoms with van der Waals surface area (Å²) < 4.78 is 13.9. The van der Waals surface area contributed by atoms with Crippen molar-refractivity contribution in [2.75, 3.05) is 5.32 Å². The number of aromatic nitrogens is 4. The van der Waals surface area contributed by atoms with E-state index in [1.54, 1.807) is 6.20 Å². The van der Waals surface area contributed by atoms with Gasteiger partial charge in [-0.15, -0.1) is 0 Å². The van der Waals surface area contributed by atoms with Crippen molar-refractivity contribution in [3.63, 3.8) is 0 Å². The molecule has 8 nitrogen and oxygen atoms in total. The van der Waals surface area contributed by atoms with Crippen molar-refractivity contribution in [3.05, 3.63) is 59.9 Å². The van der Waals surface area contributed by atoms with Crippen LogP contribution in [-0.2, 0) is 7.05 Å². The van der Waals surface area contributed by atoms with Gasteiger partial charge >= 0.3 is 0 Å². The van der Waals surface area contributed by atoms with Crippen LogP contribution in [0.5, 0.6) is 0 Å². The molecule has 0 atom stereocenters. The first kappa shape index (κ1) is 22.9. The van der Waals surface area contributed by atoms with Gasteiger partial charge in [0.1, 0.15) is 6.26 Å². The van der Waals surface area contributed by atoms with Crippen LogP contribution in [0.15, 0.2) is 47.3 Å². The fraction of sp³-hybridized carbons (Fsp3) is 0.333. The number of nitrogens with zero attached hydrogens (tertiary/aromatic N) is 4. The van der Waals surface area contributed by atoms with E-state index in [9.17, 15) is 4.79 Å². The summed E-state index contributed by atoms with van der Waals surface area (Å²) in [6.07, 6.45) is 11.1. The third kappa shape index (κ3) is 5.07. The molecule has 2 N–H and O–H groups in total. The van der Waals surface area contributed by atoms with Gasteiger partial charge in [-0.25, -0.2) is 4.98 Å². The van der Waals surface area contributed by atoms with Crippen molar-refractivity contribution in [1.29, 1.82) is 0 Å². The van der Waals surface area contributed by atoms with Gasteiger partial charge in [0.2, 0.25) is 5.89 Å². The molecule has 0 aliphatic heterocycles. The maximum atomic E-state index is 13.0. The van der Waals surface area contributed by atoms with E-state index in [1.807, 2.05) is 43.0 Å². The van der Waals surface area contributed by atoms with Gasteiger partial charge in [0, 0.05) is 41.8 Å². The van der Waals surface area contributed by atoms with Gasteiger partial charge < -0.3 is 9.73 Å². The van der Waals surface area contributed by atoms with E-state index in [0.29, 0.717) is 11.8 Å². The molecule has 1 aromatic carbocycles. The van der Waals surface area contributed by atoms with Gasteiger partial charge in [-0.1, -0.05) is 19.3 Å². The Kier molecular flexibility index (Phi) is 7.05. The molecule has 3 aromatic heterocycles. The Balaban J connectivity index is 0.00000126. The molecule has 0 unspecified atom stereocenters. The Labute approximate surface area is 196 Å². The fourth-order valence-electron chi connectivity index (χ4n) is 4.45. The van der Waals surface area contributed by atoms with E-state index >= 15 is 0 Å². The SMILES string of the molecule is Cc1cc(-c2nc(C(=O)Nc3cc4cn(C)nc4cc3C3CCCCC3)co2)ccn1.OCl. The molecule has 0 spiro atoms. The van der Waals surface area contributed by atoms with Gasteiger partial charge in [-0.3, -0.25) is 19.1 Å². The summed E-state index contributed by atoms with van der Waals surface area (Å²) in [6.45, 7) is 1.90. The molecule has 3 heterocycles. The summed E-state index contributed by atoms with van der Waals surface area (Å²) in [4.78, 5) is 21.6. The average molecular weight is 468 g/mol. The van der Waals surface area contributed by atoms with Crippen molar-refractivity contribution in [2.45, 2.75) is 44.9 Å². The lowest BCUT2D eigenvalue weighted by Crippen LogP contribution is -2.15. The molecule has 1 saturated carbocycles. The fourth-order valence-corrected chi connectivity index (χ4v) is 4.45. The molecule has 0 radical (unpaired) electrons. The number of nitrogens with one attached hydrogen (secondary N) is 1. The largest absolute Gasteiger partial charge is 0.444 e. The highest BCUT2D eigenvalue weighted by Gasteiger charge is 2.22. The Hall–Kier alpha value is -3.23.